The Labute approximate surface area is 195 Å². The molecule has 4 rings (SSSR count). The highest BCUT2D eigenvalue weighted by Gasteiger charge is 2.35. The van der Waals surface area contributed by atoms with Crippen LogP contribution in [-0.2, 0) is 4.79 Å². The lowest BCUT2D eigenvalue weighted by atomic mass is 10.1. The summed E-state index contributed by atoms with van der Waals surface area (Å²) in [7, 11) is 2.98. The molecule has 0 saturated heterocycles. The van der Waals surface area contributed by atoms with Crippen molar-refractivity contribution in [2.45, 2.75) is 0 Å². The molecule has 3 amide bonds. The Bertz CT molecular complexity index is 1250. The highest BCUT2D eigenvalue weighted by Crippen LogP contribution is 2.28. The zero-order chi connectivity index (χ0) is 24.1. The van der Waals surface area contributed by atoms with E-state index in [0.29, 0.717) is 39.6 Å². The average Bonchev–Trinajstić information content (AvgIpc) is 3.11. The van der Waals surface area contributed by atoms with Crippen LogP contribution < -0.4 is 19.5 Å². The van der Waals surface area contributed by atoms with Gasteiger partial charge in [-0.15, -0.1) is 0 Å². The van der Waals surface area contributed by atoms with Crippen molar-refractivity contribution in [2.24, 2.45) is 5.10 Å². The predicted molar refractivity (Wildman–Crippen MR) is 125 cm³/mol. The first-order chi connectivity index (χ1) is 16.5. The van der Waals surface area contributed by atoms with Crippen molar-refractivity contribution in [1.82, 2.24) is 5.01 Å². The van der Waals surface area contributed by atoms with Crippen LogP contribution in [0.15, 0.2) is 71.8 Å². The molecule has 0 saturated carbocycles. The van der Waals surface area contributed by atoms with Gasteiger partial charge in [0.15, 0.2) is 18.1 Å². The fourth-order valence-corrected chi connectivity index (χ4v) is 3.37. The number of hydrazone groups is 1. The smallest absolute Gasteiger partial charge is 0.282 e. The van der Waals surface area contributed by atoms with Gasteiger partial charge in [-0.05, 0) is 48.0 Å². The SMILES string of the molecule is COc1ccccc1NC(=O)COc1ccc(C=NN2C(=O)c3ccccc3C2=O)cc1OC. The van der Waals surface area contributed by atoms with Gasteiger partial charge in [-0.3, -0.25) is 14.4 Å². The normalized spacial score (nSPS) is 12.6. The number of imide groups is 1. The highest BCUT2D eigenvalue weighted by atomic mass is 16.5. The first kappa shape index (κ1) is 22.5. The maximum atomic E-state index is 12.4. The molecule has 1 aliphatic heterocycles. The number of rotatable bonds is 8. The van der Waals surface area contributed by atoms with Crippen molar-refractivity contribution in [3.63, 3.8) is 0 Å². The number of hydrogen-bond donors (Lipinski definition) is 1. The largest absolute Gasteiger partial charge is 0.495 e. The van der Waals surface area contributed by atoms with Gasteiger partial charge in [-0.25, -0.2) is 0 Å². The van der Waals surface area contributed by atoms with Crippen LogP contribution in [0.4, 0.5) is 5.69 Å². The zero-order valence-corrected chi connectivity index (χ0v) is 18.5. The second kappa shape index (κ2) is 9.86. The number of nitrogens with one attached hydrogen (secondary N) is 1. The van der Waals surface area contributed by atoms with Crippen molar-refractivity contribution < 1.29 is 28.6 Å². The van der Waals surface area contributed by atoms with E-state index < -0.39 is 11.8 Å². The van der Waals surface area contributed by atoms with E-state index in [1.165, 1.54) is 20.4 Å². The molecule has 1 heterocycles. The molecule has 0 radical (unpaired) electrons. The lowest BCUT2D eigenvalue weighted by Gasteiger charge is -2.13. The summed E-state index contributed by atoms with van der Waals surface area (Å²) in [5.41, 5.74) is 1.74. The molecule has 0 aliphatic carbocycles. The molecule has 0 atom stereocenters. The summed E-state index contributed by atoms with van der Waals surface area (Å²) in [4.78, 5) is 37.2. The van der Waals surface area contributed by atoms with Crippen molar-refractivity contribution in [3.05, 3.63) is 83.4 Å². The van der Waals surface area contributed by atoms with Crippen LogP contribution in [-0.4, -0.2) is 49.8 Å². The average molecular weight is 459 g/mol. The van der Waals surface area contributed by atoms with Gasteiger partial charge in [0.2, 0.25) is 0 Å². The van der Waals surface area contributed by atoms with Crippen molar-refractivity contribution in [3.8, 4) is 17.2 Å². The maximum absolute atomic E-state index is 12.4. The summed E-state index contributed by atoms with van der Waals surface area (Å²) >= 11 is 0. The third-order valence-electron chi connectivity index (χ3n) is 5.02. The number of fused-ring (bicyclic) bond motifs is 1. The van der Waals surface area contributed by atoms with E-state index in [-0.39, 0.29) is 12.5 Å². The summed E-state index contributed by atoms with van der Waals surface area (Å²) in [6.45, 7) is -0.253. The molecule has 0 fully saturated rings. The molecule has 34 heavy (non-hydrogen) atoms. The second-order valence-electron chi connectivity index (χ2n) is 7.16. The van der Waals surface area contributed by atoms with Crippen LogP contribution in [0.25, 0.3) is 0 Å². The van der Waals surface area contributed by atoms with Gasteiger partial charge in [0.1, 0.15) is 5.75 Å². The minimum Gasteiger partial charge on any atom is -0.495 e. The van der Waals surface area contributed by atoms with Crippen molar-refractivity contribution in [1.29, 1.82) is 0 Å². The zero-order valence-electron chi connectivity index (χ0n) is 18.5. The van der Waals surface area contributed by atoms with E-state index in [4.69, 9.17) is 14.2 Å². The van der Waals surface area contributed by atoms with E-state index in [0.717, 1.165) is 5.01 Å². The Morgan fingerprint density at radius 2 is 1.53 bits per heavy atom. The van der Waals surface area contributed by atoms with Gasteiger partial charge in [-0.2, -0.15) is 10.1 Å². The maximum Gasteiger partial charge on any atom is 0.282 e. The molecule has 0 bridgehead atoms. The Morgan fingerprint density at radius 3 is 2.21 bits per heavy atom. The van der Waals surface area contributed by atoms with Crippen LogP contribution in [0.1, 0.15) is 26.3 Å². The summed E-state index contributed by atoms with van der Waals surface area (Å²) in [6, 6.07) is 18.5. The summed E-state index contributed by atoms with van der Waals surface area (Å²) in [6.07, 6.45) is 1.38. The van der Waals surface area contributed by atoms with Gasteiger partial charge in [0.05, 0.1) is 37.2 Å². The van der Waals surface area contributed by atoms with Gasteiger partial charge in [0.25, 0.3) is 17.7 Å². The summed E-state index contributed by atoms with van der Waals surface area (Å²) in [5, 5.41) is 7.60. The molecule has 1 aliphatic rings. The highest BCUT2D eigenvalue weighted by molar-refractivity contribution is 6.21. The van der Waals surface area contributed by atoms with E-state index in [2.05, 4.69) is 10.4 Å². The predicted octanol–water partition coefficient (Wildman–Crippen LogP) is 3.35. The Morgan fingerprint density at radius 1 is 0.882 bits per heavy atom. The molecule has 9 heteroatoms. The molecule has 9 nitrogen and oxygen atoms in total. The minimum absolute atomic E-state index is 0.253. The van der Waals surface area contributed by atoms with E-state index >= 15 is 0 Å². The molecule has 0 aromatic heterocycles. The van der Waals surface area contributed by atoms with E-state index in [1.807, 2.05) is 0 Å². The number of hydrogen-bond acceptors (Lipinski definition) is 7. The van der Waals surface area contributed by atoms with Gasteiger partial charge < -0.3 is 19.5 Å². The topological polar surface area (TPSA) is 107 Å². The quantitative estimate of drug-likeness (QED) is 0.409. The standard InChI is InChI=1S/C25H21N3O6/c1-32-20-10-6-5-9-19(20)27-23(29)15-34-21-12-11-16(13-22(21)33-2)14-26-28-24(30)17-7-3-4-8-18(17)25(28)31/h3-14H,15H2,1-2H3,(H,27,29). The van der Waals surface area contributed by atoms with Gasteiger partial charge in [0, 0.05) is 0 Å². The second-order valence-corrected chi connectivity index (χ2v) is 7.16. The molecule has 3 aromatic carbocycles. The molecule has 172 valence electrons. The molecular weight excluding hydrogens is 438 g/mol. The molecule has 3 aromatic rings. The van der Waals surface area contributed by atoms with Crippen molar-refractivity contribution in [2.75, 3.05) is 26.1 Å². The lowest BCUT2D eigenvalue weighted by Crippen LogP contribution is -2.24. The fourth-order valence-electron chi connectivity index (χ4n) is 3.37. The number of amides is 3. The Kier molecular flexibility index (Phi) is 6.54. The first-order valence-corrected chi connectivity index (χ1v) is 10.3. The number of benzene rings is 3. The lowest BCUT2D eigenvalue weighted by molar-refractivity contribution is -0.118. The van der Waals surface area contributed by atoms with E-state index in [1.54, 1.807) is 66.7 Å². The van der Waals surface area contributed by atoms with Gasteiger partial charge >= 0.3 is 0 Å². The third kappa shape index (κ3) is 4.58. The van der Waals surface area contributed by atoms with Crippen LogP contribution >= 0.6 is 0 Å². The Hall–Kier alpha value is -4.66. The molecule has 1 N–H and O–H groups in total. The minimum atomic E-state index is -0.482. The number of methoxy groups -OCH3 is 2. The number of nitrogens with zero attached hydrogens (tertiary/aromatic N) is 2. The summed E-state index contributed by atoms with van der Waals surface area (Å²) < 4.78 is 16.2. The van der Waals surface area contributed by atoms with Crippen LogP contribution in [0.2, 0.25) is 0 Å². The van der Waals surface area contributed by atoms with Crippen molar-refractivity contribution >= 4 is 29.6 Å². The van der Waals surface area contributed by atoms with Crippen LogP contribution in [0.5, 0.6) is 17.2 Å². The fraction of sp³-hybridized carbons (Fsp3) is 0.120. The summed E-state index contributed by atoms with van der Waals surface area (Å²) in [5.74, 6) is -0.0976. The van der Waals surface area contributed by atoms with Crippen LogP contribution in [0, 0.1) is 0 Å². The third-order valence-corrected chi connectivity index (χ3v) is 5.02. The number of ether oxygens (including phenoxy) is 3. The number of carbonyl (C=O) groups is 3. The van der Waals surface area contributed by atoms with Gasteiger partial charge in [-0.1, -0.05) is 24.3 Å². The van der Waals surface area contributed by atoms with Crippen LogP contribution in [0.3, 0.4) is 0 Å². The molecule has 0 unspecified atom stereocenters. The number of para-hydroxylation sites is 2. The monoisotopic (exact) mass is 459 g/mol. The molecule has 0 spiro atoms. The molecular formula is C25H21N3O6. The Balaban J connectivity index is 1.41. The number of carbonyl (C=O) groups excluding carboxylic acids is 3. The first-order valence-electron chi connectivity index (χ1n) is 10.3. The van der Waals surface area contributed by atoms with E-state index in [9.17, 15) is 14.4 Å². The number of anilines is 1.